The van der Waals surface area contributed by atoms with Crippen LogP contribution in [0.25, 0.3) is 0 Å². The third-order valence-corrected chi connectivity index (χ3v) is 3.00. The maximum Gasteiger partial charge on any atom is 0.216 e. The molecule has 0 aliphatic carbocycles. The van der Waals surface area contributed by atoms with Gasteiger partial charge in [0.25, 0.3) is 0 Å². The molecule has 3 nitrogen and oxygen atoms in total. The van der Waals surface area contributed by atoms with E-state index in [9.17, 15) is 4.79 Å². The van der Waals surface area contributed by atoms with E-state index in [0.29, 0.717) is 0 Å². The number of hydrogen-bond acceptors (Lipinski definition) is 2. The van der Waals surface area contributed by atoms with Gasteiger partial charge in [0.05, 0.1) is 0 Å². The number of carbonyl (C=O) groups is 1. The van der Waals surface area contributed by atoms with E-state index >= 15 is 0 Å². The van der Waals surface area contributed by atoms with Crippen LogP contribution in [0.15, 0.2) is 0 Å². The smallest absolute Gasteiger partial charge is 0.216 e. The van der Waals surface area contributed by atoms with Gasteiger partial charge in [0.15, 0.2) is 0 Å². The molecule has 0 spiro atoms. The SMILES string of the molecule is CC(=O)NCCCCCCCCCCCCN. The van der Waals surface area contributed by atoms with E-state index in [1.165, 1.54) is 57.8 Å². The molecule has 0 bridgehead atoms. The Labute approximate surface area is 107 Å². The van der Waals surface area contributed by atoms with Gasteiger partial charge in [-0.05, 0) is 19.4 Å². The summed E-state index contributed by atoms with van der Waals surface area (Å²) in [5, 5.41) is 2.83. The van der Waals surface area contributed by atoms with Crippen LogP contribution in [-0.4, -0.2) is 19.0 Å². The molecule has 3 N–H and O–H groups in total. The molecule has 0 atom stereocenters. The molecule has 0 radical (unpaired) electrons. The van der Waals surface area contributed by atoms with Gasteiger partial charge >= 0.3 is 0 Å². The lowest BCUT2D eigenvalue weighted by atomic mass is 10.1. The standard InChI is InChI=1S/C14H30N2O/c1-14(17)16-13-11-9-7-5-3-2-4-6-8-10-12-15/h2-13,15H2,1H3,(H,16,17). The number of rotatable bonds is 12. The average Bonchev–Trinajstić information content (AvgIpc) is 2.30. The molecule has 0 aromatic heterocycles. The van der Waals surface area contributed by atoms with Crippen molar-refractivity contribution in [2.45, 2.75) is 71.1 Å². The van der Waals surface area contributed by atoms with E-state index in [4.69, 9.17) is 5.73 Å². The Morgan fingerprint density at radius 2 is 1.24 bits per heavy atom. The first-order valence-corrected chi connectivity index (χ1v) is 7.22. The van der Waals surface area contributed by atoms with E-state index in [2.05, 4.69) is 5.32 Å². The quantitative estimate of drug-likeness (QED) is 0.517. The lowest BCUT2D eigenvalue weighted by Gasteiger charge is -2.03. The zero-order valence-electron chi connectivity index (χ0n) is 11.5. The van der Waals surface area contributed by atoms with Gasteiger partial charge in [-0.15, -0.1) is 0 Å². The van der Waals surface area contributed by atoms with Crippen LogP contribution in [0.3, 0.4) is 0 Å². The van der Waals surface area contributed by atoms with Crippen molar-refractivity contribution in [1.29, 1.82) is 0 Å². The van der Waals surface area contributed by atoms with Crippen LogP contribution in [0.2, 0.25) is 0 Å². The number of nitrogens with two attached hydrogens (primary N) is 1. The maximum atomic E-state index is 10.6. The van der Waals surface area contributed by atoms with Crippen molar-refractivity contribution in [2.75, 3.05) is 13.1 Å². The molecule has 102 valence electrons. The number of amides is 1. The third kappa shape index (κ3) is 15.4. The molecule has 0 aliphatic rings. The number of nitrogens with one attached hydrogen (secondary N) is 1. The normalized spacial score (nSPS) is 10.5. The zero-order valence-corrected chi connectivity index (χ0v) is 11.5. The van der Waals surface area contributed by atoms with Crippen LogP contribution in [0.5, 0.6) is 0 Å². The van der Waals surface area contributed by atoms with Gasteiger partial charge in [0.1, 0.15) is 0 Å². The lowest BCUT2D eigenvalue weighted by molar-refractivity contribution is -0.118. The number of unbranched alkanes of at least 4 members (excludes halogenated alkanes) is 9. The minimum Gasteiger partial charge on any atom is -0.356 e. The molecule has 0 aliphatic heterocycles. The third-order valence-electron chi connectivity index (χ3n) is 3.00. The largest absolute Gasteiger partial charge is 0.356 e. The van der Waals surface area contributed by atoms with Gasteiger partial charge in [-0.3, -0.25) is 4.79 Å². The zero-order chi connectivity index (χ0) is 12.8. The van der Waals surface area contributed by atoms with E-state index in [-0.39, 0.29) is 5.91 Å². The van der Waals surface area contributed by atoms with E-state index < -0.39 is 0 Å². The predicted octanol–water partition coefficient (Wildman–Crippen LogP) is 2.98. The Bertz CT molecular complexity index is 172. The fourth-order valence-electron chi connectivity index (χ4n) is 1.95. The van der Waals surface area contributed by atoms with Gasteiger partial charge in [-0.2, -0.15) is 0 Å². The summed E-state index contributed by atoms with van der Waals surface area (Å²) in [6, 6.07) is 0. The summed E-state index contributed by atoms with van der Waals surface area (Å²) in [5.74, 6) is 0.0856. The van der Waals surface area contributed by atoms with Crippen molar-refractivity contribution in [3.05, 3.63) is 0 Å². The summed E-state index contributed by atoms with van der Waals surface area (Å²) < 4.78 is 0. The van der Waals surface area contributed by atoms with Crippen molar-refractivity contribution >= 4 is 5.91 Å². The highest BCUT2D eigenvalue weighted by molar-refractivity contribution is 5.72. The van der Waals surface area contributed by atoms with Gasteiger partial charge in [0.2, 0.25) is 5.91 Å². The molecule has 0 aromatic carbocycles. The highest BCUT2D eigenvalue weighted by Crippen LogP contribution is 2.10. The number of carbonyl (C=O) groups excluding carboxylic acids is 1. The molecular weight excluding hydrogens is 212 g/mol. The van der Waals surface area contributed by atoms with E-state index in [1.807, 2.05) is 0 Å². The van der Waals surface area contributed by atoms with Crippen LogP contribution in [0.1, 0.15) is 71.1 Å². The number of hydrogen-bond donors (Lipinski definition) is 2. The molecular formula is C14H30N2O. The Balaban J connectivity index is 2.91. The van der Waals surface area contributed by atoms with Crippen molar-refractivity contribution in [1.82, 2.24) is 5.32 Å². The van der Waals surface area contributed by atoms with Crippen molar-refractivity contribution in [3.63, 3.8) is 0 Å². The van der Waals surface area contributed by atoms with Gasteiger partial charge in [-0.25, -0.2) is 0 Å². The first-order chi connectivity index (χ1) is 8.27. The van der Waals surface area contributed by atoms with Crippen LogP contribution in [-0.2, 0) is 4.79 Å². The monoisotopic (exact) mass is 242 g/mol. The summed E-state index contributed by atoms with van der Waals surface area (Å²) in [5.41, 5.74) is 5.44. The van der Waals surface area contributed by atoms with Crippen molar-refractivity contribution in [3.8, 4) is 0 Å². The first-order valence-electron chi connectivity index (χ1n) is 7.22. The molecule has 0 unspecified atom stereocenters. The van der Waals surface area contributed by atoms with Crippen molar-refractivity contribution < 1.29 is 4.79 Å². The van der Waals surface area contributed by atoms with E-state index in [0.717, 1.165) is 19.5 Å². The second kappa shape index (κ2) is 13.5. The molecule has 0 aromatic rings. The second-order valence-electron chi connectivity index (χ2n) is 4.81. The molecule has 0 saturated carbocycles. The van der Waals surface area contributed by atoms with E-state index in [1.54, 1.807) is 6.92 Å². The highest BCUT2D eigenvalue weighted by Gasteiger charge is 1.93. The van der Waals surface area contributed by atoms with Crippen LogP contribution >= 0.6 is 0 Å². The summed E-state index contributed by atoms with van der Waals surface area (Å²) in [6.07, 6.45) is 12.9. The summed E-state index contributed by atoms with van der Waals surface area (Å²) in [4.78, 5) is 10.6. The predicted molar refractivity (Wildman–Crippen MR) is 73.9 cm³/mol. The van der Waals surface area contributed by atoms with Gasteiger partial charge in [0, 0.05) is 13.5 Å². The molecule has 0 heterocycles. The molecule has 0 saturated heterocycles. The summed E-state index contributed by atoms with van der Waals surface area (Å²) in [6.45, 7) is 3.26. The minimum absolute atomic E-state index is 0.0856. The first kappa shape index (κ1) is 16.4. The highest BCUT2D eigenvalue weighted by atomic mass is 16.1. The fraction of sp³-hybridized carbons (Fsp3) is 0.929. The van der Waals surface area contributed by atoms with Gasteiger partial charge in [-0.1, -0.05) is 51.4 Å². The topological polar surface area (TPSA) is 55.1 Å². The lowest BCUT2D eigenvalue weighted by Crippen LogP contribution is -2.20. The fourth-order valence-corrected chi connectivity index (χ4v) is 1.95. The summed E-state index contributed by atoms with van der Waals surface area (Å²) in [7, 11) is 0. The molecule has 1 amide bonds. The molecule has 17 heavy (non-hydrogen) atoms. The Kier molecular flexibility index (Phi) is 13.0. The van der Waals surface area contributed by atoms with Crippen LogP contribution < -0.4 is 11.1 Å². The van der Waals surface area contributed by atoms with Crippen molar-refractivity contribution in [2.24, 2.45) is 5.73 Å². The van der Waals surface area contributed by atoms with Gasteiger partial charge < -0.3 is 11.1 Å². The molecule has 0 rings (SSSR count). The van der Waals surface area contributed by atoms with Crippen LogP contribution in [0, 0.1) is 0 Å². The Morgan fingerprint density at radius 3 is 1.65 bits per heavy atom. The molecule has 3 heteroatoms. The minimum atomic E-state index is 0.0856. The molecule has 0 fully saturated rings. The average molecular weight is 242 g/mol. The van der Waals surface area contributed by atoms with Crippen LogP contribution in [0.4, 0.5) is 0 Å². The Morgan fingerprint density at radius 1 is 0.824 bits per heavy atom. The second-order valence-corrected chi connectivity index (χ2v) is 4.81. The maximum absolute atomic E-state index is 10.6. The Hall–Kier alpha value is -0.570. The summed E-state index contributed by atoms with van der Waals surface area (Å²) >= 11 is 0.